The molecular formula is C12H25NO2. The maximum atomic E-state index is 5.53. The van der Waals surface area contributed by atoms with Crippen LogP contribution in [0.5, 0.6) is 0 Å². The summed E-state index contributed by atoms with van der Waals surface area (Å²) in [5.41, 5.74) is 0.478. The van der Waals surface area contributed by atoms with Crippen molar-refractivity contribution in [3.63, 3.8) is 0 Å². The van der Waals surface area contributed by atoms with Crippen LogP contribution in [-0.2, 0) is 9.47 Å². The summed E-state index contributed by atoms with van der Waals surface area (Å²) in [6.45, 7) is 10.2. The Balaban J connectivity index is 2.42. The summed E-state index contributed by atoms with van der Waals surface area (Å²) in [7, 11) is 1.76. The first-order valence-corrected chi connectivity index (χ1v) is 5.79. The van der Waals surface area contributed by atoms with Crippen LogP contribution < -0.4 is 5.32 Å². The average Bonchev–Trinajstić information content (AvgIpc) is 2.60. The lowest BCUT2D eigenvalue weighted by atomic mass is 9.83. The van der Waals surface area contributed by atoms with Crippen LogP contribution in [0.2, 0.25) is 0 Å². The molecule has 1 N–H and O–H groups in total. The molecule has 1 saturated heterocycles. The van der Waals surface area contributed by atoms with E-state index in [-0.39, 0.29) is 5.54 Å². The molecule has 3 heteroatoms. The third-order valence-corrected chi connectivity index (χ3v) is 3.02. The van der Waals surface area contributed by atoms with E-state index < -0.39 is 0 Å². The van der Waals surface area contributed by atoms with Crippen LogP contribution in [-0.4, -0.2) is 39.0 Å². The zero-order chi connectivity index (χ0) is 11.4. The SMILES string of the molecule is COCCC1(CNC(C)(C)C)CCOC1. The van der Waals surface area contributed by atoms with E-state index in [4.69, 9.17) is 9.47 Å². The molecular weight excluding hydrogens is 190 g/mol. The van der Waals surface area contributed by atoms with Crippen LogP contribution in [0.4, 0.5) is 0 Å². The molecule has 0 spiro atoms. The molecule has 1 aliphatic heterocycles. The summed E-state index contributed by atoms with van der Waals surface area (Å²) < 4.78 is 10.7. The van der Waals surface area contributed by atoms with Gasteiger partial charge in [-0.05, 0) is 33.6 Å². The summed E-state index contributed by atoms with van der Waals surface area (Å²) in [6.07, 6.45) is 2.24. The van der Waals surface area contributed by atoms with Gasteiger partial charge in [0.15, 0.2) is 0 Å². The van der Waals surface area contributed by atoms with Crippen molar-refractivity contribution in [1.29, 1.82) is 0 Å². The topological polar surface area (TPSA) is 30.5 Å². The second-order valence-electron chi connectivity index (χ2n) is 5.65. The number of hydrogen-bond donors (Lipinski definition) is 1. The highest BCUT2D eigenvalue weighted by Gasteiger charge is 2.35. The summed E-state index contributed by atoms with van der Waals surface area (Å²) >= 11 is 0. The molecule has 1 unspecified atom stereocenters. The first kappa shape index (κ1) is 12.9. The third-order valence-electron chi connectivity index (χ3n) is 3.02. The molecule has 1 aliphatic rings. The first-order chi connectivity index (χ1) is 6.97. The van der Waals surface area contributed by atoms with Gasteiger partial charge in [0.05, 0.1) is 6.61 Å². The van der Waals surface area contributed by atoms with Gasteiger partial charge >= 0.3 is 0 Å². The number of rotatable bonds is 5. The Morgan fingerprint density at radius 2 is 2.13 bits per heavy atom. The van der Waals surface area contributed by atoms with Crippen LogP contribution in [0.25, 0.3) is 0 Å². The molecule has 0 saturated carbocycles. The highest BCUT2D eigenvalue weighted by atomic mass is 16.5. The lowest BCUT2D eigenvalue weighted by Gasteiger charge is -2.32. The van der Waals surface area contributed by atoms with Gasteiger partial charge in [-0.2, -0.15) is 0 Å². The zero-order valence-corrected chi connectivity index (χ0v) is 10.6. The molecule has 1 atom stereocenters. The molecule has 0 aromatic heterocycles. The monoisotopic (exact) mass is 215 g/mol. The average molecular weight is 215 g/mol. The summed E-state index contributed by atoms with van der Waals surface area (Å²) in [4.78, 5) is 0. The number of ether oxygens (including phenoxy) is 2. The van der Waals surface area contributed by atoms with Gasteiger partial charge in [-0.15, -0.1) is 0 Å². The van der Waals surface area contributed by atoms with Crippen molar-refractivity contribution in [1.82, 2.24) is 5.32 Å². The van der Waals surface area contributed by atoms with E-state index in [1.165, 1.54) is 0 Å². The van der Waals surface area contributed by atoms with E-state index in [9.17, 15) is 0 Å². The highest BCUT2D eigenvalue weighted by Crippen LogP contribution is 2.32. The fourth-order valence-corrected chi connectivity index (χ4v) is 1.85. The van der Waals surface area contributed by atoms with Gasteiger partial charge in [0.1, 0.15) is 0 Å². The van der Waals surface area contributed by atoms with Gasteiger partial charge in [0, 0.05) is 37.8 Å². The van der Waals surface area contributed by atoms with Crippen LogP contribution in [0, 0.1) is 5.41 Å². The van der Waals surface area contributed by atoms with Crippen molar-refractivity contribution in [3.8, 4) is 0 Å². The molecule has 0 aromatic carbocycles. The van der Waals surface area contributed by atoms with Crippen molar-refractivity contribution in [2.45, 2.75) is 39.2 Å². The maximum Gasteiger partial charge on any atom is 0.0536 e. The van der Waals surface area contributed by atoms with E-state index in [1.807, 2.05) is 0 Å². The summed E-state index contributed by atoms with van der Waals surface area (Å²) in [6, 6.07) is 0. The number of hydrogen-bond acceptors (Lipinski definition) is 3. The van der Waals surface area contributed by atoms with Gasteiger partial charge < -0.3 is 14.8 Å². The fraction of sp³-hybridized carbons (Fsp3) is 1.00. The first-order valence-electron chi connectivity index (χ1n) is 5.79. The highest BCUT2D eigenvalue weighted by molar-refractivity contribution is 4.87. The van der Waals surface area contributed by atoms with Crippen molar-refractivity contribution in [2.24, 2.45) is 5.41 Å². The Labute approximate surface area is 93.5 Å². The van der Waals surface area contributed by atoms with Gasteiger partial charge in [-0.25, -0.2) is 0 Å². The fourth-order valence-electron chi connectivity index (χ4n) is 1.85. The van der Waals surface area contributed by atoms with Crippen molar-refractivity contribution >= 4 is 0 Å². The standard InChI is InChI=1S/C12H25NO2/c1-11(2,3)13-9-12(5-7-14-4)6-8-15-10-12/h13H,5-10H2,1-4H3. The van der Waals surface area contributed by atoms with E-state index in [1.54, 1.807) is 7.11 Å². The molecule has 1 rings (SSSR count). The minimum Gasteiger partial charge on any atom is -0.385 e. The molecule has 15 heavy (non-hydrogen) atoms. The Kier molecular flexibility index (Phi) is 4.56. The normalized spacial score (nSPS) is 27.2. The molecule has 0 aromatic rings. The largest absolute Gasteiger partial charge is 0.385 e. The number of nitrogens with one attached hydrogen (secondary N) is 1. The van der Waals surface area contributed by atoms with Gasteiger partial charge in [0.2, 0.25) is 0 Å². The van der Waals surface area contributed by atoms with E-state index in [0.717, 1.165) is 39.2 Å². The van der Waals surface area contributed by atoms with Gasteiger partial charge in [-0.1, -0.05) is 0 Å². The van der Waals surface area contributed by atoms with E-state index >= 15 is 0 Å². The van der Waals surface area contributed by atoms with Gasteiger partial charge in [-0.3, -0.25) is 0 Å². The second-order valence-corrected chi connectivity index (χ2v) is 5.65. The smallest absolute Gasteiger partial charge is 0.0536 e. The summed E-state index contributed by atoms with van der Waals surface area (Å²) in [5.74, 6) is 0. The second kappa shape index (κ2) is 5.28. The van der Waals surface area contributed by atoms with Crippen LogP contribution in [0.15, 0.2) is 0 Å². The van der Waals surface area contributed by atoms with E-state index in [2.05, 4.69) is 26.1 Å². The predicted octanol–water partition coefficient (Wildman–Crippen LogP) is 1.82. The van der Waals surface area contributed by atoms with E-state index in [0.29, 0.717) is 5.41 Å². The quantitative estimate of drug-likeness (QED) is 0.759. The Morgan fingerprint density at radius 3 is 2.60 bits per heavy atom. The van der Waals surface area contributed by atoms with Crippen LogP contribution >= 0.6 is 0 Å². The third kappa shape index (κ3) is 4.49. The zero-order valence-electron chi connectivity index (χ0n) is 10.6. The molecule has 90 valence electrons. The minimum absolute atomic E-state index is 0.183. The molecule has 1 fully saturated rings. The van der Waals surface area contributed by atoms with Crippen LogP contribution in [0.3, 0.4) is 0 Å². The molecule has 1 heterocycles. The van der Waals surface area contributed by atoms with Crippen molar-refractivity contribution in [3.05, 3.63) is 0 Å². The molecule has 0 aliphatic carbocycles. The minimum atomic E-state index is 0.183. The van der Waals surface area contributed by atoms with Gasteiger partial charge in [0.25, 0.3) is 0 Å². The Morgan fingerprint density at radius 1 is 1.40 bits per heavy atom. The van der Waals surface area contributed by atoms with Crippen molar-refractivity contribution < 1.29 is 9.47 Å². The molecule has 0 radical (unpaired) electrons. The molecule has 3 nitrogen and oxygen atoms in total. The maximum absolute atomic E-state index is 5.53. The lowest BCUT2D eigenvalue weighted by molar-refractivity contribution is 0.102. The Hall–Kier alpha value is -0.120. The Bertz CT molecular complexity index is 181. The summed E-state index contributed by atoms with van der Waals surface area (Å²) in [5, 5.41) is 3.58. The lowest BCUT2D eigenvalue weighted by Crippen LogP contribution is -2.44. The number of methoxy groups -OCH3 is 1. The van der Waals surface area contributed by atoms with Crippen molar-refractivity contribution in [2.75, 3.05) is 33.5 Å². The molecule has 0 amide bonds. The van der Waals surface area contributed by atoms with Crippen LogP contribution in [0.1, 0.15) is 33.6 Å². The molecule has 0 bridgehead atoms. The predicted molar refractivity (Wildman–Crippen MR) is 62.1 cm³/mol.